The van der Waals surface area contributed by atoms with Gasteiger partial charge in [0.15, 0.2) is 0 Å². The van der Waals surface area contributed by atoms with Crippen LogP contribution in [0.5, 0.6) is 5.75 Å². The van der Waals surface area contributed by atoms with Gasteiger partial charge in [-0.1, -0.05) is 12.1 Å². The van der Waals surface area contributed by atoms with E-state index in [1.54, 1.807) is 30.2 Å². The Labute approximate surface area is 133 Å². The van der Waals surface area contributed by atoms with E-state index in [4.69, 9.17) is 16.2 Å². The fourth-order valence-electron chi connectivity index (χ4n) is 3.05. The topological polar surface area (TPSA) is 104 Å². The Morgan fingerprint density at radius 2 is 1.83 bits per heavy atom. The standard InChI is InChI=1S/C16H18N4O3/c1-23-11-4-2-10(3-5-11)13-14-12(15(17)21)6-7-19(14)8-9-20(13)16(18)22/h2-7,13H,8-9H2,1H3,(H2,17,21)(H2,18,22). The number of nitrogens with two attached hydrogens (primary N) is 2. The number of hydrogen-bond acceptors (Lipinski definition) is 3. The molecule has 0 spiro atoms. The third-order valence-corrected chi connectivity index (χ3v) is 4.14. The van der Waals surface area contributed by atoms with Gasteiger partial charge >= 0.3 is 6.03 Å². The maximum absolute atomic E-state index is 11.9. The molecule has 1 aromatic heterocycles. The average molecular weight is 314 g/mol. The molecule has 1 atom stereocenters. The Morgan fingerprint density at radius 1 is 1.13 bits per heavy atom. The fourth-order valence-corrected chi connectivity index (χ4v) is 3.05. The third-order valence-electron chi connectivity index (χ3n) is 4.14. The van der Waals surface area contributed by atoms with Crippen molar-refractivity contribution in [3.63, 3.8) is 0 Å². The van der Waals surface area contributed by atoms with Gasteiger partial charge < -0.3 is 25.7 Å². The molecule has 1 aliphatic rings. The largest absolute Gasteiger partial charge is 0.497 e. The first-order valence-electron chi connectivity index (χ1n) is 7.21. The summed E-state index contributed by atoms with van der Waals surface area (Å²) in [6.07, 6.45) is 1.81. The lowest BCUT2D eigenvalue weighted by atomic mass is 9.97. The molecule has 0 saturated carbocycles. The van der Waals surface area contributed by atoms with Crippen LogP contribution in [-0.2, 0) is 6.54 Å². The number of hydrogen-bond donors (Lipinski definition) is 2. The molecule has 1 aromatic carbocycles. The number of aromatic nitrogens is 1. The fraction of sp³-hybridized carbons (Fsp3) is 0.250. The normalized spacial score (nSPS) is 16.7. The summed E-state index contributed by atoms with van der Waals surface area (Å²) in [5.41, 5.74) is 12.9. The molecule has 0 fully saturated rings. The zero-order valence-electron chi connectivity index (χ0n) is 12.7. The molecule has 2 heterocycles. The molecule has 3 amide bonds. The van der Waals surface area contributed by atoms with Gasteiger partial charge in [0.2, 0.25) is 0 Å². The van der Waals surface area contributed by atoms with Crippen LogP contribution < -0.4 is 16.2 Å². The summed E-state index contributed by atoms with van der Waals surface area (Å²) in [5.74, 6) is 0.185. The van der Waals surface area contributed by atoms with Crippen molar-refractivity contribution in [3.8, 4) is 5.75 Å². The first-order chi connectivity index (χ1) is 11.0. The molecule has 0 bridgehead atoms. The number of carbonyl (C=O) groups excluding carboxylic acids is 2. The summed E-state index contributed by atoms with van der Waals surface area (Å²) < 4.78 is 7.10. The van der Waals surface area contributed by atoms with Crippen molar-refractivity contribution in [3.05, 3.63) is 53.3 Å². The van der Waals surface area contributed by atoms with Crippen molar-refractivity contribution in [2.75, 3.05) is 13.7 Å². The number of fused-ring (bicyclic) bond motifs is 1. The molecule has 0 radical (unpaired) electrons. The van der Waals surface area contributed by atoms with Crippen LogP contribution in [0.3, 0.4) is 0 Å². The summed E-state index contributed by atoms with van der Waals surface area (Å²) in [4.78, 5) is 25.2. The SMILES string of the molecule is COc1ccc(C2c3c(C(N)=O)ccn3CCN2C(N)=O)cc1. The average Bonchev–Trinajstić information content (AvgIpc) is 2.98. The number of urea groups is 1. The van der Waals surface area contributed by atoms with Crippen molar-refractivity contribution in [1.29, 1.82) is 0 Å². The van der Waals surface area contributed by atoms with Gasteiger partial charge in [-0.2, -0.15) is 0 Å². The molecule has 7 heteroatoms. The number of carbonyl (C=O) groups is 2. The Morgan fingerprint density at radius 3 is 2.39 bits per heavy atom. The van der Waals surface area contributed by atoms with E-state index < -0.39 is 18.0 Å². The molecule has 0 saturated heterocycles. The number of primary amides is 2. The minimum absolute atomic E-state index is 0.400. The predicted molar refractivity (Wildman–Crippen MR) is 84.1 cm³/mol. The number of nitrogens with zero attached hydrogens (tertiary/aromatic N) is 2. The second-order valence-corrected chi connectivity index (χ2v) is 5.38. The summed E-state index contributed by atoms with van der Waals surface area (Å²) in [5, 5.41) is 0. The zero-order chi connectivity index (χ0) is 16.6. The molecule has 7 nitrogen and oxygen atoms in total. The summed E-state index contributed by atoms with van der Waals surface area (Å²) >= 11 is 0. The van der Waals surface area contributed by atoms with Crippen molar-refractivity contribution in [2.45, 2.75) is 12.6 Å². The maximum atomic E-state index is 11.9. The van der Waals surface area contributed by atoms with Crippen LogP contribution in [0, 0.1) is 0 Å². The van der Waals surface area contributed by atoms with Crippen molar-refractivity contribution in [2.24, 2.45) is 11.5 Å². The first kappa shape index (κ1) is 15.0. The monoisotopic (exact) mass is 314 g/mol. The van der Waals surface area contributed by atoms with Crippen LogP contribution in [0.1, 0.15) is 27.7 Å². The summed E-state index contributed by atoms with van der Waals surface area (Å²) in [6, 6.07) is 8.01. The van der Waals surface area contributed by atoms with E-state index in [-0.39, 0.29) is 0 Å². The van der Waals surface area contributed by atoms with Gasteiger partial charge in [0.25, 0.3) is 5.91 Å². The molecule has 1 aliphatic heterocycles. The molecular weight excluding hydrogens is 296 g/mol. The number of amides is 3. The Bertz CT molecular complexity index is 751. The van der Waals surface area contributed by atoms with E-state index in [9.17, 15) is 9.59 Å². The number of rotatable bonds is 3. The highest BCUT2D eigenvalue weighted by molar-refractivity contribution is 5.94. The second-order valence-electron chi connectivity index (χ2n) is 5.38. The van der Waals surface area contributed by atoms with Crippen LogP contribution >= 0.6 is 0 Å². The first-order valence-corrected chi connectivity index (χ1v) is 7.21. The minimum atomic E-state index is -0.534. The van der Waals surface area contributed by atoms with Crippen molar-refractivity contribution < 1.29 is 14.3 Å². The molecule has 1 unspecified atom stereocenters. The molecule has 3 rings (SSSR count). The zero-order valence-corrected chi connectivity index (χ0v) is 12.7. The van der Waals surface area contributed by atoms with E-state index >= 15 is 0 Å². The minimum Gasteiger partial charge on any atom is -0.497 e. The number of benzene rings is 1. The molecule has 2 aromatic rings. The van der Waals surface area contributed by atoms with E-state index in [1.807, 2.05) is 22.9 Å². The predicted octanol–water partition coefficient (Wildman–Crippen LogP) is 1.08. The Hall–Kier alpha value is -2.96. The van der Waals surface area contributed by atoms with Crippen molar-refractivity contribution in [1.82, 2.24) is 9.47 Å². The van der Waals surface area contributed by atoms with E-state index in [1.165, 1.54) is 0 Å². The van der Waals surface area contributed by atoms with Gasteiger partial charge in [0.05, 0.1) is 24.4 Å². The molecule has 4 N–H and O–H groups in total. The lowest BCUT2D eigenvalue weighted by molar-refractivity contribution is 0.0995. The lowest BCUT2D eigenvalue weighted by Gasteiger charge is -2.36. The van der Waals surface area contributed by atoms with E-state index in [0.29, 0.717) is 30.1 Å². The summed E-state index contributed by atoms with van der Waals surface area (Å²) in [6.45, 7) is 1.03. The quantitative estimate of drug-likeness (QED) is 0.885. The van der Waals surface area contributed by atoms with Crippen LogP contribution in [0.15, 0.2) is 36.5 Å². The van der Waals surface area contributed by atoms with Gasteiger partial charge in [-0.3, -0.25) is 4.79 Å². The Balaban J connectivity index is 2.14. The molecular formula is C16H18N4O3. The smallest absolute Gasteiger partial charge is 0.315 e. The van der Waals surface area contributed by atoms with Gasteiger partial charge in [-0.15, -0.1) is 0 Å². The molecule has 0 aliphatic carbocycles. The van der Waals surface area contributed by atoms with Gasteiger partial charge in [0, 0.05) is 19.3 Å². The lowest BCUT2D eigenvalue weighted by Crippen LogP contribution is -2.45. The molecule has 23 heavy (non-hydrogen) atoms. The van der Waals surface area contributed by atoms with Crippen LogP contribution in [0.25, 0.3) is 0 Å². The van der Waals surface area contributed by atoms with Crippen molar-refractivity contribution >= 4 is 11.9 Å². The van der Waals surface area contributed by atoms with Gasteiger partial charge in [-0.25, -0.2) is 4.79 Å². The second kappa shape index (κ2) is 5.68. The van der Waals surface area contributed by atoms with E-state index in [0.717, 1.165) is 5.56 Å². The highest BCUT2D eigenvalue weighted by atomic mass is 16.5. The van der Waals surface area contributed by atoms with Gasteiger partial charge in [-0.05, 0) is 23.8 Å². The number of methoxy groups -OCH3 is 1. The Kier molecular flexibility index (Phi) is 3.69. The van der Waals surface area contributed by atoms with Crippen LogP contribution in [0.4, 0.5) is 4.79 Å². The molecule has 120 valence electrons. The number of ether oxygens (including phenoxy) is 1. The summed E-state index contributed by atoms with van der Waals surface area (Å²) in [7, 11) is 1.58. The third kappa shape index (κ3) is 2.50. The van der Waals surface area contributed by atoms with Crippen LogP contribution in [-0.4, -0.2) is 35.1 Å². The van der Waals surface area contributed by atoms with Gasteiger partial charge in [0.1, 0.15) is 5.75 Å². The maximum Gasteiger partial charge on any atom is 0.315 e. The highest BCUT2D eigenvalue weighted by Gasteiger charge is 2.34. The van der Waals surface area contributed by atoms with Crippen LogP contribution in [0.2, 0.25) is 0 Å². The highest BCUT2D eigenvalue weighted by Crippen LogP contribution is 2.35. The van der Waals surface area contributed by atoms with E-state index in [2.05, 4.69) is 0 Å².